The number of carbonyl (C=O) groups is 1. The summed E-state index contributed by atoms with van der Waals surface area (Å²) in [4.78, 5) is 11.7. The van der Waals surface area contributed by atoms with Gasteiger partial charge in [0.05, 0.1) is 0 Å². The average Bonchev–Trinajstić information content (AvgIpc) is 2.46. The molecule has 0 spiro atoms. The molecule has 0 saturated heterocycles. The Bertz CT molecular complexity index is 366. The fraction of sp³-hybridized carbons (Fsp3) is 0.588. The second-order valence-corrected chi connectivity index (χ2v) is 5.44. The Morgan fingerprint density at radius 2 is 1.79 bits per heavy atom. The molecule has 2 rings (SSSR count). The largest absolute Gasteiger partial charge is 0.462 e. The summed E-state index contributed by atoms with van der Waals surface area (Å²) in [5, 5.41) is 0. The van der Waals surface area contributed by atoms with Crippen molar-refractivity contribution in [3.8, 4) is 0 Å². The van der Waals surface area contributed by atoms with Crippen LogP contribution < -0.4 is 0 Å². The lowest BCUT2D eigenvalue weighted by atomic mass is 9.98. The summed E-state index contributed by atoms with van der Waals surface area (Å²) in [6.07, 6.45) is 9.68. The van der Waals surface area contributed by atoms with E-state index in [0.29, 0.717) is 6.42 Å². The first kappa shape index (κ1) is 14.1. The number of aryl methyl sites for hydroxylation is 1. The second kappa shape index (κ2) is 7.98. The summed E-state index contributed by atoms with van der Waals surface area (Å²) < 4.78 is 5.50. The molecule has 19 heavy (non-hydrogen) atoms. The topological polar surface area (TPSA) is 26.3 Å². The van der Waals surface area contributed by atoms with E-state index in [-0.39, 0.29) is 12.1 Å². The van der Waals surface area contributed by atoms with E-state index < -0.39 is 0 Å². The highest BCUT2D eigenvalue weighted by Gasteiger charge is 2.17. The van der Waals surface area contributed by atoms with E-state index in [4.69, 9.17) is 4.74 Å². The zero-order valence-electron chi connectivity index (χ0n) is 11.6. The van der Waals surface area contributed by atoms with Gasteiger partial charge in [0.1, 0.15) is 6.10 Å². The van der Waals surface area contributed by atoms with Gasteiger partial charge in [0, 0.05) is 6.42 Å². The fourth-order valence-electron chi connectivity index (χ4n) is 2.67. The Labute approximate surface area is 116 Å². The summed E-state index contributed by atoms with van der Waals surface area (Å²) in [5.41, 5.74) is 1.35. The first-order valence-corrected chi connectivity index (χ1v) is 7.58. The Morgan fingerprint density at radius 1 is 1.05 bits per heavy atom. The molecule has 1 aliphatic rings. The third-order valence-electron chi connectivity index (χ3n) is 3.79. The third-order valence-corrected chi connectivity index (χ3v) is 3.79. The van der Waals surface area contributed by atoms with Crippen molar-refractivity contribution in [3.05, 3.63) is 35.9 Å². The molecule has 1 fully saturated rings. The van der Waals surface area contributed by atoms with Crippen LogP contribution in [0, 0.1) is 0 Å². The normalized spacial score (nSPS) is 16.2. The van der Waals surface area contributed by atoms with E-state index in [1.165, 1.54) is 24.8 Å². The predicted octanol–water partition coefficient (Wildman–Crippen LogP) is 4.28. The molecule has 2 heteroatoms. The van der Waals surface area contributed by atoms with Gasteiger partial charge in [-0.05, 0) is 50.5 Å². The monoisotopic (exact) mass is 260 g/mol. The van der Waals surface area contributed by atoms with Crippen molar-refractivity contribution in [1.29, 1.82) is 0 Å². The number of unbranched alkanes of at least 4 members (excludes halogenated alkanes) is 1. The van der Waals surface area contributed by atoms with Gasteiger partial charge in [-0.2, -0.15) is 0 Å². The lowest BCUT2D eigenvalue weighted by Crippen LogP contribution is -2.20. The van der Waals surface area contributed by atoms with Gasteiger partial charge in [0.25, 0.3) is 0 Å². The molecule has 0 bridgehead atoms. The Hall–Kier alpha value is -1.31. The number of benzene rings is 1. The maximum Gasteiger partial charge on any atom is 0.306 e. The smallest absolute Gasteiger partial charge is 0.306 e. The molecule has 0 atom stereocenters. The van der Waals surface area contributed by atoms with Crippen LogP contribution in [-0.2, 0) is 16.0 Å². The van der Waals surface area contributed by atoms with E-state index in [2.05, 4.69) is 24.3 Å². The number of ether oxygens (including phenoxy) is 1. The molecule has 0 unspecified atom stereocenters. The molecule has 0 N–H and O–H groups in total. The SMILES string of the molecule is O=C(CCCCc1ccccc1)OC1CCCCC1. The molecule has 0 amide bonds. The van der Waals surface area contributed by atoms with Crippen LogP contribution in [0.2, 0.25) is 0 Å². The molecule has 0 radical (unpaired) electrons. The average molecular weight is 260 g/mol. The molecule has 0 aliphatic heterocycles. The third kappa shape index (κ3) is 5.46. The predicted molar refractivity (Wildman–Crippen MR) is 77.0 cm³/mol. The van der Waals surface area contributed by atoms with Crippen LogP contribution in [-0.4, -0.2) is 12.1 Å². The van der Waals surface area contributed by atoms with E-state index in [1.807, 2.05) is 6.07 Å². The number of hydrogen-bond acceptors (Lipinski definition) is 2. The van der Waals surface area contributed by atoms with Crippen molar-refractivity contribution in [3.63, 3.8) is 0 Å². The summed E-state index contributed by atoms with van der Waals surface area (Å²) >= 11 is 0. The molecule has 2 nitrogen and oxygen atoms in total. The molecular weight excluding hydrogens is 236 g/mol. The Morgan fingerprint density at radius 3 is 2.53 bits per heavy atom. The highest BCUT2D eigenvalue weighted by atomic mass is 16.5. The van der Waals surface area contributed by atoms with Gasteiger partial charge in [0.2, 0.25) is 0 Å². The highest BCUT2D eigenvalue weighted by Crippen LogP contribution is 2.21. The van der Waals surface area contributed by atoms with Crippen molar-refractivity contribution < 1.29 is 9.53 Å². The molecule has 0 heterocycles. The lowest BCUT2D eigenvalue weighted by molar-refractivity contribution is -0.150. The minimum absolute atomic E-state index is 0.0000355. The van der Waals surface area contributed by atoms with Crippen LogP contribution in [0.15, 0.2) is 30.3 Å². The quantitative estimate of drug-likeness (QED) is 0.564. The van der Waals surface area contributed by atoms with E-state index in [1.54, 1.807) is 0 Å². The number of carbonyl (C=O) groups excluding carboxylic acids is 1. The summed E-state index contributed by atoms with van der Waals surface area (Å²) in [5.74, 6) is -0.0000355. The number of rotatable bonds is 6. The first-order valence-electron chi connectivity index (χ1n) is 7.58. The number of hydrogen-bond donors (Lipinski definition) is 0. The molecule has 104 valence electrons. The zero-order chi connectivity index (χ0) is 13.3. The van der Waals surface area contributed by atoms with Crippen molar-refractivity contribution in [2.45, 2.75) is 63.9 Å². The van der Waals surface area contributed by atoms with Crippen molar-refractivity contribution in [2.24, 2.45) is 0 Å². The van der Waals surface area contributed by atoms with Crippen molar-refractivity contribution in [2.75, 3.05) is 0 Å². The molecular formula is C17H24O2. The molecule has 1 aliphatic carbocycles. The zero-order valence-corrected chi connectivity index (χ0v) is 11.6. The van der Waals surface area contributed by atoms with Gasteiger partial charge >= 0.3 is 5.97 Å². The van der Waals surface area contributed by atoms with Gasteiger partial charge < -0.3 is 4.74 Å². The van der Waals surface area contributed by atoms with Gasteiger partial charge in [0.15, 0.2) is 0 Å². The van der Waals surface area contributed by atoms with Crippen LogP contribution in [0.3, 0.4) is 0 Å². The minimum Gasteiger partial charge on any atom is -0.462 e. The maximum atomic E-state index is 11.7. The van der Waals surface area contributed by atoms with Gasteiger partial charge in [-0.3, -0.25) is 4.79 Å². The maximum absolute atomic E-state index is 11.7. The van der Waals surface area contributed by atoms with Crippen molar-refractivity contribution >= 4 is 5.97 Å². The van der Waals surface area contributed by atoms with Crippen LogP contribution in [0.4, 0.5) is 0 Å². The standard InChI is InChI=1S/C17H24O2/c18-17(19-16-12-5-2-6-13-16)14-8-7-11-15-9-3-1-4-10-15/h1,3-4,9-10,16H,2,5-8,11-14H2. The number of esters is 1. The molecule has 0 aromatic heterocycles. The minimum atomic E-state index is -0.0000355. The van der Waals surface area contributed by atoms with E-state index in [0.717, 1.165) is 32.1 Å². The molecule has 1 aromatic rings. The summed E-state index contributed by atoms with van der Waals surface area (Å²) in [6, 6.07) is 10.4. The van der Waals surface area contributed by atoms with Crippen LogP contribution in [0.25, 0.3) is 0 Å². The highest BCUT2D eigenvalue weighted by molar-refractivity contribution is 5.69. The first-order chi connectivity index (χ1) is 9.34. The Balaban J connectivity index is 1.56. The van der Waals surface area contributed by atoms with Crippen molar-refractivity contribution in [1.82, 2.24) is 0 Å². The second-order valence-electron chi connectivity index (χ2n) is 5.44. The fourth-order valence-corrected chi connectivity index (χ4v) is 2.67. The van der Waals surface area contributed by atoms with Crippen LogP contribution >= 0.6 is 0 Å². The summed E-state index contributed by atoms with van der Waals surface area (Å²) in [6.45, 7) is 0. The van der Waals surface area contributed by atoms with E-state index >= 15 is 0 Å². The Kier molecular flexibility index (Phi) is 5.93. The van der Waals surface area contributed by atoms with Gasteiger partial charge in [-0.15, -0.1) is 0 Å². The van der Waals surface area contributed by atoms with E-state index in [9.17, 15) is 4.79 Å². The molecule has 1 aromatic carbocycles. The summed E-state index contributed by atoms with van der Waals surface area (Å²) in [7, 11) is 0. The van der Waals surface area contributed by atoms with Gasteiger partial charge in [-0.1, -0.05) is 36.8 Å². The van der Waals surface area contributed by atoms with Crippen LogP contribution in [0.1, 0.15) is 56.9 Å². The van der Waals surface area contributed by atoms with Crippen LogP contribution in [0.5, 0.6) is 0 Å². The lowest BCUT2D eigenvalue weighted by Gasteiger charge is -2.21. The van der Waals surface area contributed by atoms with Gasteiger partial charge in [-0.25, -0.2) is 0 Å². The molecule has 1 saturated carbocycles.